The van der Waals surface area contributed by atoms with Crippen LogP contribution in [0.5, 0.6) is 0 Å². The van der Waals surface area contributed by atoms with Crippen LogP contribution in [0.15, 0.2) is 18.2 Å². The van der Waals surface area contributed by atoms with Gasteiger partial charge in [-0.25, -0.2) is 0 Å². The molecular formula is C15H23N3O. The average Bonchev–Trinajstić information content (AvgIpc) is 2.83. The molecular weight excluding hydrogens is 238 g/mol. The number of nitrogens with zero attached hydrogens (tertiary/aromatic N) is 2. The van der Waals surface area contributed by atoms with E-state index in [4.69, 9.17) is 0 Å². The number of hydrogen-bond donors (Lipinski definition) is 1. The van der Waals surface area contributed by atoms with Crippen LogP contribution in [0.1, 0.15) is 31.7 Å². The van der Waals surface area contributed by atoms with Crippen LogP contribution in [0, 0.1) is 12.3 Å². The Morgan fingerprint density at radius 2 is 2.32 bits per heavy atom. The molecule has 0 bridgehead atoms. The number of nitrogens with one attached hydrogen (secondary N) is 1. The van der Waals surface area contributed by atoms with Crippen LogP contribution in [0.25, 0.3) is 0 Å². The van der Waals surface area contributed by atoms with Crippen LogP contribution >= 0.6 is 0 Å². The molecule has 0 aliphatic carbocycles. The van der Waals surface area contributed by atoms with Gasteiger partial charge in [-0.2, -0.15) is 0 Å². The van der Waals surface area contributed by atoms with E-state index < -0.39 is 0 Å². The van der Waals surface area contributed by atoms with Gasteiger partial charge in [-0.3, -0.25) is 9.78 Å². The van der Waals surface area contributed by atoms with Crippen molar-refractivity contribution >= 4 is 5.91 Å². The van der Waals surface area contributed by atoms with Gasteiger partial charge in [0.25, 0.3) is 0 Å². The summed E-state index contributed by atoms with van der Waals surface area (Å²) in [4.78, 5) is 19.0. The number of carbonyl (C=O) groups is 1. The minimum atomic E-state index is -0.250. The summed E-state index contributed by atoms with van der Waals surface area (Å²) in [5.41, 5.74) is 1.71. The Balaban J connectivity index is 2.10. The van der Waals surface area contributed by atoms with Crippen LogP contribution in [-0.2, 0) is 11.3 Å². The predicted molar refractivity (Wildman–Crippen MR) is 75.7 cm³/mol. The molecule has 1 atom stereocenters. The van der Waals surface area contributed by atoms with Gasteiger partial charge in [-0.15, -0.1) is 0 Å². The molecule has 4 nitrogen and oxygen atoms in total. The summed E-state index contributed by atoms with van der Waals surface area (Å²) >= 11 is 0. The number of carbonyl (C=O) groups excluding carboxylic acids is 1. The second-order valence-electron chi connectivity index (χ2n) is 5.58. The molecule has 1 aliphatic rings. The van der Waals surface area contributed by atoms with Gasteiger partial charge >= 0.3 is 0 Å². The molecule has 0 aromatic carbocycles. The van der Waals surface area contributed by atoms with Crippen LogP contribution in [0.4, 0.5) is 0 Å². The third-order valence-electron chi connectivity index (χ3n) is 3.85. The molecule has 0 saturated carbocycles. The van der Waals surface area contributed by atoms with Crippen molar-refractivity contribution in [2.45, 2.75) is 33.7 Å². The van der Waals surface area contributed by atoms with Crippen LogP contribution in [0.3, 0.4) is 0 Å². The van der Waals surface area contributed by atoms with Crippen LogP contribution in [-0.4, -0.2) is 35.4 Å². The SMILES string of the molecule is CCN(Cc1cccc(C)n1)C(=O)C1(C)CCNC1. The third-order valence-corrected chi connectivity index (χ3v) is 3.85. The molecule has 0 radical (unpaired) electrons. The maximum atomic E-state index is 12.6. The summed E-state index contributed by atoms with van der Waals surface area (Å²) in [6.07, 6.45) is 0.920. The van der Waals surface area contributed by atoms with Crippen LogP contribution < -0.4 is 5.32 Å². The highest BCUT2D eigenvalue weighted by Crippen LogP contribution is 2.27. The molecule has 1 aliphatic heterocycles. The molecule has 4 heteroatoms. The standard InChI is InChI=1S/C15H23N3O/c1-4-18(10-13-7-5-6-12(2)17-13)14(19)15(3)8-9-16-11-15/h5-7,16H,4,8-11H2,1-3H3. The first-order valence-electron chi connectivity index (χ1n) is 6.98. The van der Waals surface area contributed by atoms with E-state index in [9.17, 15) is 4.79 Å². The second kappa shape index (κ2) is 5.70. The zero-order valence-electron chi connectivity index (χ0n) is 12.1. The van der Waals surface area contributed by atoms with Gasteiger partial charge < -0.3 is 10.2 Å². The quantitative estimate of drug-likeness (QED) is 0.898. The van der Waals surface area contributed by atoms with Crippen LogP contribution in [0.2, 0.25) is 0 Å². The van der Waals surface area contributed by atoms with E-state index in [-0.39, 0.29) is 11.3 Å². The number of amides is 1. The maximum Gasteiger partial charge on any atom is 0.230 e. The topological polar surface area (TPSA) is 45.2 Å². The summed E-state index contributed by atoms with van der Waals surface area (Å²) in [6, 6.07) is 5.96. The highest BCUT2D eigenvalue weighted by atomic mass is 16.2. The average molecular weight is 261 g/mol. The summed E-state index contributed by atoms with van der Waals surface area (Å²) in [6.45, 7) is 9.10. The van der Waals surface area contributed by atoms with Gasteiger partial charge in [0.05, 0.1) is 17.7 Å². The molecule has 1 N–H and O–H groups in total. The molecule has 2 heterocycles. The predicted octanol–water partition coefficient (Wildman–Crippen LogP) is 1.74. The van der Waals surface area contributed by atoms with E-state index in [0.717, 1.165) is 37.4 Å². The normalized spacial score (nSPS) is 22.5. The van der Waals surface area contributed by atoms with E-state index in [0.29, 0.717) is 6.54 Å². The van der Waals surface area contributed by atoms with Crippen molar-refractivity contribution in [1.82, 2.24) is 15.2 Å². The molecule has 1 fully saturated rings. The summed E-state index contributed by atoms with van der Waals surface area (Å²) < 4.78 is 0. The molecule has 2 rings (SSSR count). The van der Waals surface area contributed by atoms with Crippen molar-refractivity contribution in [1.29, 1.82) is 0 Å². The Morgan fingerprint density at radius 1 is 1.53 bits per heavy atom. The van der Waals surface area contributed by atoms with Crippen molar-refractivity contribution in [2.24, 2.45) is 5.41 Å². The largest absolute Gasteiger partial charge is 0.337 e. The highest BCUT2D eigenvalue weighted by molar-refractivity contribution is 5.83. The van der Waals surface area contributed by atoms with Gasteiger partial charge in [-0.05, 0) is 45.9 Å². The molecule has 1 saturated heterocycles. The monoisotopic (exact) mass is 261 g/mol. The molecule has 1 aromatic heterocycles. The molecule has 1 aromatic rings. The number of aromatic nitrogens is 1. The van der Waals surface area contributed by atoms with E-state index in [1.54, 1.807) is 0 Å². The number of rotatable bonds is 4. The summed E-state index contributed by atoms with van der Waals surface area (Å²) in [5, 5.41) is 3.28. The smallest absolute Gasteiger partial charge is 0.230 e. The minimum Gasteiger partial charge on any atom is -0.337 e. The van der Waals surface area contributed by atoms with Gasteiger partial charge in [0.1, 0.15) is 0 Å². The summed E-state index contributed by atoms with van der Waals surface area (Å²) in [5.74, 6) is 0.239. The summed E-state index contributed by atoms with van der Waals surface area (Å²) in [7, 11) is 0. The van der Waals surface area contributed by atoms with Crippen molar-refractivity contribution in [3.8, 4) is 0 Å². The van der Waals surface area contributed by atoms with E-state index >= 15 is 0 Å². The number of hydrogen-bond acceptors (Lipinski definition) is 3. The Morgan fingerprint density at radius 3 is 2.89 bits per heavy atom. The zero-order chi connectivity index (χ0) is 13.9. The first-order valence-corrected chi connectivity index (χ1v) is 6.98. The maximum absolute atomic E-state index is 12.6. The van der Waals surface area contributed by atoms with Gasteiger partial charge in [-0.1, -0.05) is 6.07 Å². The fourth-order valence-corrected chi connectivity index (χ4v) is 2.59. The second-order valence-corrected chi connectivity index (χ2v) is 5.58. The van der Waals surface area contributed by atoms with E-state index in [1.165, 1.54) is 0 Å². The van der Waals surface area contributed by atoms with Crippen molar-refractivity contribution in [2.75, 3.05) is 19.6 Å². The third kappa shape index (κ3) is 3.13. The van der Waals surface area contributed by atoms with Gasteiger partial charge in [0.15, 0.2) is 0 Å². The Labute approximate surface area is 115 Å². The Hall–Kier alpha value is -1.42. The van der Waals surface area contributed by atoms with Gasteiger partial charge in [0, 0.05) is 18.8 Å². The highest BCUT2D eigenvalue weighted by Gasteiger charge is 2.38. The van der Waals surface area contributed by atoms with Crippen molar-refractivity contribution in [3.63, 3.8) is 0 Å². The van der Waals surface area contributed by atoms with Gasteiger partial charge in [0.2, 0.25) is 5.91 Å². The molecule has 1 unspecified atom stereocenters. The minimum absolute atomic E-state index is 0.239. The lowest BCUT2D eigenvalue weighted by Crippen LogP contribution is -2.43. The lowest BCUT2D eigenvalue weighted by atomic mass is 9.88. The molecule has 19 heavy (non-hydrogen) atoms. The Bertz CT molecular complexity index is 452. The Kier molecular flexibility index (Phi) is 4.20. The van der Waals surface area contributed by atoms with Crippen molar-refractivity contribution < 1.29 is 4.79 Å². The number of aryl methyl sites for hydroxylation is 1. The fourth-order valence-electron chi connectivity index (χ4n) is 2.59. The lowest BCUT2D eigenvalue weighted by molar-refractivity contribution is -0.140. The molecule has 0 spiro atoms. The lowest BCUT2D eigenvalue weighted by Gasteiger charge is -2.30. The first-order chi connectivity index (χ1) is 9.05. The first kappa shape index (κ1) is 14.0. The molecule has 104 valence electrons. The van der Waals surface area contributed by atoms with E-state index in [2.05, 4.69) is 17.2 Å². The fraction of sp³-hybridized carbons (Fsp3) is 0.600. The van der Waals surface area contributed by atoms with E-state index in [1.807, 2.05) is 36.9 Å². The number of pyridine rings is 1. The molecule has 1 amide bonds. The van der Waals surface area contributed by atoms with Crippen molar-refractivity contribution in [3.05, 3.63) is 29.6 Å². The zero-order valence-corrected chi connectivity index (χ0v) is 12.1.